The van der Waals surface area contributed by atoms with Crippen molar-refractivity contribution in [2.75, 3.05) is 28.4 Å². The fourth-order valence-corrected chi connectivity index (χ4v) is 5.12. The molecule has 38 heavy (non-hydrogen) atoms. The van der Waals surface area contributed by atoms with Crippen molar-refractivity contribution in [3.8, 4) is 23.0 Å². The van der Waals surface area contributed by atoms with Crippen LogP contribution in [0, 0.1) is 0 Å². The van der Waals surface area contributed by atoms with E-state index in [1.54, 1.807) is 28.4 Å². The van der Waals surface area contributed by atoms with Crippen molar-refractivity contribution in [3.05, 3.63) is 119 Å². The molecular weight excluding hydrogens is 480 g/mol. The van der Waals surface area contributed by atoms with Crippen LogP contribution < -0.4 is 18.9 Å². The first kappa shape index (κ1) is 25.6. The van der Waals surface area contributed by atoms with Crippen molar-refractivity contribution in [3.63, 3.8) is 0 Å². The Balaban J connectivity index is 1.59. The lowest BCUT2D eigenvalue weighted by Gasteiger charge is -2.46. The fourth-order valence-electron chi connectivity index (χ4n) is 5.12. The Morgan fingerprint density at radius 1 is 0.395 bits per heavy atom. The molecule has 0 saturated carbocycles. The Morgan fingerprint density at radius 3 is 0.763 bits per heavy atom. The number of benzene rings is 4. The molecule has 0 N–H and O–H groups in total. The first-order chi connectivity index (χ1) is 18.6. The van der Waals surface area contributed by atoms with Gasteiger partial charge in [-0.15, -0.1) is 0 Å². The lowest BCUT2D eigenvalue weighted by molar-refractivity contribution is -0.432. The predicted octanol–water partition coefficient (Wildman–Crippen LogP) is 6.65. The Morgan fingerprint density at radius 2 is 0.605 bits per heavy atom. The molecule has 4 aromatic rings. The van der Waals surface area contributed by atoms with E-state index in [1.807, 2.05) is 97.1 Å². The van der Waals surface area contributed by atoms with Crippen LogP contribution in [-0.2, 0) is 21.0 Å². The average molecular weight is 513 g/mol. The number of hydrogen-bond donors (Lipinski definition) is 0. The normalized spacial score (nSPS) is 15.9. The zero-order chi connectivity index (χ0) is 26.6. The molecule has 0 spiro atoms. The third-order valence-electron chi connectivity index (χ3n) is 7.38. The van der Waals surface area contributed by atoms with E-state index in [0.717, 1.165) is 45.3 Å². The van der Waals surface area contributed by atoms with E-state index in [-0.39, 0.29) is 0 Å². The molecule has 4 aromatic carbocycles. The third kappa shape index (κ3) is 4.57. The largest absolute Gasteiger partial charge is 0.497 e. The molecule has 1 saturated heterocycles. The van der Waals surface area contributed by atoms with Crippen molar-refractivity contribution in [1.29, 1.82) is 0 Å². The topological polar surface area (TPSA) is 55.4 Å². The second kappa shape index (κ2) is 10.8. The van der Waals surface area contributed by atoms with Crippen LogP contribution in [0.15, 0.2) is 97.1 Å². The molecule has 6 heteroatoms. The molecule has 0 amide bonds. The van der Waals surface area contributed by atoms with Crippen LogP contribution in [0.2, 0.25) is 0 Å². The lowest BCUT2D eigenvalue weighted by atomic mass is 9.74. The van der Waals surface area contributed by atoms with Gasteiger partial charge in [-0.25, -0.2) is 9.78 Å². The van der Waals surface area contributed by atoms with Crippen molar-refractivity contribution in [2.24, 2.45) is 0 Å². The van der Waals surface area contributed by atoms with Crippen molar-refractivity contribution < 1.29 is 28.7 Å². The van der Waals surface area contributed by atoms with Gasteiger partial charge in [-0.05, 0) is 83.6 Å². The highest BCUT2D eigenvalue weighted by Gasteiger charge is 2.49. The molecule has 1 aliphatic rings. The van der Waals surface area contributed by atoms with Gasteiger partial charge in [0.2, 0.25) is 0 Å². The van der Waals surface area contributed by atoms with Crippen LogP contribution in [0.25, 0.3) is 0 Å². The van der Waals surface area contributed by atoms with E-state index in [0.29, 0.717) is 12.8 Å². The van der Waals surface area contributed by atoms with Gasteiger partial charge < -0.3 is 18.9 Å². The maximum atomic E-state index is 6.58. The first-order valence-electron chi connectivity index (χ1n) is 12.5. The molecule has 6 nitrogen and oxygen atoms in total. The van der Waals surface area contributed by atoms with Gasteiger partial charge >= 0.3 is 0 Å². The van der Waals surface area contributed by atoms with Gasteiger partial charge in [-0.3, -0.25) is 0 Å². The molecule has 0 aliphatic carbocycles. The highest BCUT2D eigenvalue weighted by atomic mass is 17.2. The van der Waals surface area contributed by atoms with Gasteiger partial charge in [0.25, 0.3) is 0 Å². The Kier molecular flexibility index (Phi) is 7.27. The minimum atomic E-state index is -0.832. The monoisotopic (exact) mass is 512 g/mol. The van der Waals surface area contributed by atoms with Crippen molar-refractivity contribution >= 4 is 0 Å². The van der Waals surface area contributed by atoms with Crippen LogP contribution in [0.4, 0.5) is 0 Å². The molecule has 5 rings (SSSR count). The highest BCUT2D eigenvalue weighted by molar-refractivity contribution is 5.45. The van der Waals surface area contributed by atoms with Crippen LogP contribution in [-0.4, -0.2) is 28.4 Å². The molecule has 1 heterocycles. The molecule has 0 atom stereocenters. The molecule has 0 aromatic heterocycles. The van der Waals surface area contributed by atoms with Gasteiger partial charge in [-0.2, -0.15) is 0 Å². The van der Waals surface area contributed by atoms with Crippen LogP contribution >= 0.6 is 0 Å². The Hall–Kier alpha value is -4.00. The molecule has 0 unspecified atom stereocenters. The van der Waals surface area contributed by atoms with Crippen molar-refractivity contribution in [2.45, 2.75) is 24.0 Å². The van der Waals surface area contributed by atoms with Gasteiger partial charge in [0.05, 0.1) is 28.4 Å². The number of methoxy groups -OCH3 is 4. The summed E-state index contributed by atoms with van der Waals surface area (Å²) < 4.78 is 21.6. The fraction of sp³-hybridized carbons (Fsp3) is 0.250. The zero-order valence-electron chi connectivity index (χ0n) is 22.1. The summed E-state index contributed by atoms with van der Waals surface area (Å²) in [5, 5.41) is 0. The number of rotatable bonds is 8. The van der Waals surface area contributed by atoms with E-state index in [1.165, 1.54) is 0 Å². The minimum Gasteiger partial charge on any atom is -0.497 e. The predicted molar refractivity (Wildman–Crippen MR) is 145 cm³/mol. The molecular formula is C32H32O6. The average Bonchev–Trinajstić information content (AvgIpc) is 3.01. The number of ether oxygens (including phenoxy) is 4. The highest BCUT2D eigenvalue weighted by Crippen LogP contribution is 2.51. The van der Waals surface area contributed by atoms with Gasteiger partial charge in [-0.1, -0.05) is 48.5 Å². The first-order valence-corrected chi connectivity index (χ1v) is 12.5. The van der Waals surface area contributed by atoms with Crippen LogP contribution in [0.5, 0.6) is 23.0 Å². The third-order valence-corrected chi connectivity index (χ3v) is 7.38. The standard InChI is InChI=1S/C32H32O6/c1-33-27-13-5-23(6-14-27)31(24-7-15-28(34-2)16-8-24)21-22-32(38-37-31,25-9-17-29(35-3)18-10-25)26-11-19-30(36-4)20-12-26/h5-20H,21-22H2,1-4H3. The van der Waals surface area contributed by atoms with Gasteiger partial charge in [0.1, 0.15) is 23.0 Å². The second-order valence-corrected chi connectivity index (χ2v) is 9.23. The zero-order valence-corrected chi connectivity index (χ0v) is 22.1. The number of hydrogen-bond acceptors (Lipinski definition) is 6. The lowest BCUT2D eigenvalue weighted by Crippen LogP contribution is -2.45. The minimum absolute atomic E-state index is 0.656. The smallest absolute Gasteiger partial charge is 0.154 e. The van der Waals surface area contributed by atoms with Crippen LogP contribution in [0.1, 0.15) is 35.1 Å². The van der Waals surface area contributed by atoms with Crippen LogP contribution in [0.3, 0.4) is 0 Å². The molecule has 196 valence electrons. The van der Waals surface area contributed by atoms with E-state index in [2.05, 4.69) is 0 Å². The molecule has 0 bridgehead atoms. The Bertz CT molecular complexity index is 1120. The van der Waals surface area contributed by atoms with E-state index in [9.17, 15) is 0 Å². The van der Waals surface area contributed by atoms with Gasteiger partial charge in [0.15, 0.2) is 11.2 Å². The SMILES string of the molecule is COc1ccc(C2(c3ccc(OC)cc3)CCC(c3ccc(OC)cc3)(c3ccc(OC)cc3)OO2)cc1. The second-order valence-electron chi connectivity index (χ2n) is 9.23. The maximum absolute atomic E-state index is 6.58. The molecule has 1 aliphatic heterocycles. The molecule has 0 radical (unpaired) electrons. The quantitative estimate of drug-likeness (QED) is 0.246. The summed E-state index contributed by atoms with van der Waals surface area (Å²) in [5.41, 5.74) is 2.23. The van der Waals surface area contributed by atoms with E-state index >= 15 is 0 Å². The Labute approximate surface area is 223 Å². The summed E-state index contributed by atoms with van der Waals surface area (Å²) in [4.78, 5) is 13.2. The molecule has 1 fully saturated rings. The summed E-state index contributed by atoms with van der Waals surface area (Å²) in [6.07, 6.45) is 1.31. The van der Waals surface area contributed by atoms with Gasteiger partial charge in [0, 0.05) is 0 Å². The summed E-state index contributed by atoms with van der Waals surface area (Å²) in [6, 6.07) is 31.8. The summed E-state index contributed by atoms with van der Waals surface area (Å²) in [5.74, 6) is 3.12. The van der Waals surface area contributed by atoms with Crippen molar-refractivity contribution in [1.82, 2.24) is 0 Å². The summed E-state index contributed by atoms with van der Waals surface area (Å²) in [7, 11) is 6.64. The maximum Gasteiger partial charge on any atom is 0.154 e. The summed E-state index contributed by atoms with van der Waals surface area (Å²) in [6.45, 7) is 0. The summed E-state index contributed by atoms with van der Waals surface area (Å²) >= 11 is 0. The van der Waals surface area contributed by atoms with E-state index < -0.39 is 11.2 Å². The van der Waals surface area contributed by atoms with E-state index in [4.69, 9.17) is 28.7 Å².